The van der Waals surface area contributed by atoms with Crippen LogP contribution in [-0.4, -0.2) is 24.9 Å². The van der Waals surface area contributed by atoms with Crippen LogP contribution in [0.15, 0.2) is 42.2 Å². The van der Waals surface area contributed by atoms with Gasteiger partial charge in [0, 0.05) is 16.7 Å². The van der Waals surface area contributed by atoms with Crippen LogP contribution in [0.5, 0.6) is 11.5 Å². The van der Waals surface area contributed by atoms with E-state index in [1.165, 1.54) is 42.6 Å². The number of rotatable bonds is 11. The first kappa shape index (κ1) is 40.3. The van der Waals surface area contributed by atoms with Gasteiger partial charge >= 0.3 is 6.61 Å². The van der Waals surface area contributed by atoms with Crippen LogP contribution < -0.4 is 14.2 Å². The summed E-state index contributed by atoms with van der Waals surface area (Å²) in [4.78, 5) is 11.1. The minimum absolute atomic E-state index is 0.0792. The van der Waals surface area contributed by atoms with Crippen molar-refractivity contribution in [2.24, 2.45) is 5.92 Å². The predicted molar refractivity (Wildman–Crippen MR) is 162 cm³/mol. The molecule has 1 heterocycles. The van der Waals surface area contributed by atoms with Crippen molar-refractivity contribution in [3.63, 3.8) is 0 Å². The number of halogens is 3. The van der Waals surface area contributed by atoms with Gasteiger partial charge in [0.2, 0.25) is 12.4 Å². The van der Waals surface area contributed by atoms with E-state index in [0.717, 1.165) is 17.6 Å². The summed E-state index contributed by atoms with van der Waals surface area (Å²) >= 11 is 6.22. The number of aromatic nitrogens is 1. The molecule has 1 N–H and O–H groups in total. The summed E-state index contributed by atoms with van der Waals surface area (Å²) in [5, 5.41) is 9.87. The molecule has 0 saturated heterocycles. The smallest absolute Gasteiger partial charge is 0.387 e. The fourth-order valence-electron chi connectivity index (χ4n) is 3.38. The third kappa shape index (κ3) is 16.9. The van der Waals surface area contributed by atoms with E-state index in [-0.39, 0.29) is 17.9 Å². The highest BCUT2D eigenvalue weighted by molar-refractivity contribution is 6.31. The van der Waals surface area contributed by atoms with Crippen LogP contribution >= 0.6 is 11.6 Å². The zero-order chi connectivity index (χ0) is 32.0. The fraction of sp³-hybridized carbons (Fsp3) is 0.562. The van der Waals surface area contributed by atoms with Crippen LogP contribution in [0.2, 0.25) is 5.02 Å². The molecule has 0 aliphatic heterocycles. The van der Waals surface area contributed by atoms with Crippen molar-refractivity contribution in [2.75, 3.05) is 6.61 Å². The second-order valence-corrected chi connectivity index (χ2v) is 9.01. The van der Waals surface area contributed by atoms with E-state index in [1.807, 2.05) is 41.5 Å². The molecule has 1 aliphatic rings. The number of ether oxygens (including phenoxy) is 3. The summed E-state index contributed by atoms with van der Waals surface area (Å²) in [6, 6.07) is 4.44. The highest BCUT2D eigenvalue weighted by Crippen LogP contribution is 2.37. The number of hydrogen-bond donors (Lipinski definition) is 1. The summed E-state index contributed by atoms with van der Waals surface area (Å²) in [6.45, 7) is 17.9. The van der Waals surface area contributed by atoms with Crippen LogP contribution in [0.1, 0.15) is 104 Å². The van der Waals surface area contributed by atoms with Crippen LogP contribution in [0.25, 0.3) is 0 Å². The first-order valence-corrected chi connectivity index (χ1v) is 14.9. The molecule has 1 aromatic heterocycles. The zero-order valence-electron chi connectivity index (χ0n) is 26.5. The Bertz CT molecular complexity index is 987. The van der Waals surface area contributed by atoms with E-state index < -0.39 is 12.7 Å². The summed E-state index contributed by atoms with van der Waals surface area (Å²) in [5.74, 6) is 0.499. The Kier molecular flexibility index (Phi) is 23.4. The number of carbonyl (C=O) groups excluding carboxylic acids is 1. The minimum atomic E-state index is -2.98. The first-order chi connectivity index (χ1) is 19.6. The van der Waals surface area contributed by atoms with Gasteiger partial charge in [0.15, 0.2) is 11.5 Å². The van der Waals surface area contributed by atoms with Crippen LogP contribution in [0, 0.1) is 12.8 Å². The maximum Gasteiger partial charge on any atom is 0.387 e. The van der Waals surface area contributed by atoms with E-state index >= 15 is 0 Å². The number of aryl methyl sites for hydroxylation is 1. The number of allylic oxidation sites excluding steroid dienone is 2. The fourth-order valence-corrected chi connectivity index (χ4v) is 3.71. The zero-order valence-corrected chi connectivity index (χ0v) is 27.2. The Morgan fingerprint density at radius 2 is 1.71 bits per heavy atom. The maximum absolute atomic E-state index is 12.7. The Morgan fingerprint density at radius 1 is 1.10 bits per heavy atom. The molecule has 41 heavy (non-hydrogen) atoms. The number of hydrogen-bond acceptors (Lipinski definition) is 5. The van der Waals surface area contributed by atoms with Gasteiger partial charge in [0.1, 0.15) is 11.1 Å². The standard InChI is InChI=1S/C20H21ClF2NO5.C6H12.3C2H6/c1-12-8-24(26)9-16(21)15(12)7-18(28-11-25)14-4-5-17(29-20(22)23)19(6-14)27-10-13-2-3-13;1-4-5-6(2)3;3*1-2/h4-6,8-9,11,13,18,20,26H,2-3,7,10H2,1H3;5H,4H2,1-3H3;3*1-2H3/q+1;;;;. The normalized spacial score (nSPS) is 11.9. The van der Waals surface area contributed by atoms with Gasteiger partial charge < -0.3 is 14.2 Å². The average molecular weight is 603 g/mol. The molecule has 1 aromatic carbocycles. The van der Waals surface area contributed by atoms with Gasteiger partial charge in [-0.3, -0.25) is 10.0 Å². The molecule has 0 amide bonds. The van der Waals surface area contributed by atoms with E-state index in [1.54, 1.807) is 6.92 Å². The van der Waals surface area contributed by atoms with Gasteiger partial charge in [-0.15, -0.1) is 0 Å². The van der Waals surface area contributed by atoms with Crippen molar-refractivity contribution in [2.45, 2.75) is 108 Å². The Labute approximate surface area is 251 Å². The van der Waals surface area contributed by atoms with Gasteiger partial charge in [0.05, 0.1) is 6.61 Å². The predicted octanol–water partition coefficient (Wildman–Crippen LogP) is 9.46. The van der Waals surface area contributed by atoms with Crippen molar-refractivity contribution in [3.05, 3.63) is 64.0 Å². The molecule has 234 valence electrons. The molecule has 0 bridgehead atoms. The monoisotopic (exact) mass is 602 g/mol. The number of pyridine rings is 1. The van der Waals surface area contributed by atoms with Crippen molar-refractivity contribution in [1.82, 2.24) is 0 Å². The number of alkyl halides is 2. The van der Waals surface area contributed by atoms with Crippen molar-refractivity contribution < 1.29 is 37.7 Å². The highest BCUT2D eigenvalue weighted by atomic mass is 35.5. The van der Waals surface area contributed by atoms with Gasteiger partial charge in [-0.05, 0) is 69.2 Å². The Balaban J connectivity index is 0. The van der Waals surface area contributed by atoms with Gasteiger partial charge in [-0.25, -0.2) is 0 Å². The molecule has 6 nitrogen and oxygen atoms in total. The van der Waals surface area contributed by atoms with Gasteiger partial charge in [0.25, 0.3) is 6.47 Å². The second-order valence-electron chi connectivity index (χ2n) is 8.60. The van der Waals surface area contributed by atoms with Crippen molar-refractivity contribution in [1.29, 1.82) is 0 Å². The molecule has 1 unspecified atom stereocenters. The second kappa shape index (κ2) is 23.8. The van der Waals surface area contributed by atoms with Gasteiger partial charge in [-0.1, -0.05) is 77.8 Å². The molecule has 1 aliphatic carbocycles. The molecule has 1 atom stereocenters. The maximum atomic E-state index is 12.7. The average Bonchev–Trinajstić information content (AvgIpc) is 3.77. The minimum Gasteiger partial charge on any atom is -0.489 e. The number of benzene rings is 1. The largest absolute Gasteiger partial charge is 0.489 e. The number of nitrogens with zero attached hydrogens (tertiary/aromatic N) is 1. The quantitative estimate of drug-likeness (QED) is 0.120. The first-order valence-electron chi connectivity index (χ1n) is 14.5. The Hall–Kier alpha value is -2.87. The lowest BCUT2D eigenvalue weighted by Crippen LogP contribution is -2.30. The SMILES string of the molecule is CC.CC.CC.CCC=C(C)C.Cc1c[n+](O)cc(Cl)c1CC(OC=O)c1ccc(OC(F)F)c(OCC2CC2)c1. The molecule has 1 saturated carbocycles. The third-order valence-electron chi connectivity index (χ3n) is 5.28. The topological polar surface area (TPSA) is 68.9 Å². The highest BCUT2D eigenvalue weighted by Gasteiger charge is 2.25. The van der Waals surface area contributed by atoms with Crippen molar-refractivity contribution in [3.8, 4) is 11.5 Å². The lowest BCUT2D eigenvalue weighted by atomic mass is 9.99. The lowest BCUT2D eigenvalue weighted by molar-refractivity contribution is -0.905. The van der Waals surface area contributed by atoms with Gasteiger partial charge in [-0.2, -0.15) is 8.78 Å². The molecular weight excluding hydrogens is 552 g/mol. The number of carbonyl (C=O) groups is 1. The molecule has 0 spiro atoms. The van der Waals surface area contributed by atoms with E-state index in [2.05, 4.69) is 31.6 Å². The van der Waals surface area contributed by atoms with Crippen LogP contribution in [0.3, 0.4) is 0 Å². The summed E-state index contributed by atoms with van der Waals surface area (Å²) in [7, 11) is 0. The molecule has 1 fully saturated rings. The molecule has 2 aromatic rings. The summed E-state index contributed by atoms with van der Waals surface area (Å²) in [6.07, 6.45) is 7.75. The van der Waals surface area contributed by atoms with Crippen molar-refractivity contribution >= 4 is 18.1 Å². The van der Waals surface area contributed by atoms with Crippen LogP contribution in [-0.2, 0) is 16.0 Å². The van der Waals surface area contributed by atoms with E-state index in [9.17, 15) is 18.8 Å². The molecule has 9 heteroatoms. The molecular formula is C32H51ClF2NO5+. The van der Waals surface area contributed by atoms with E-state index in [4.69, 9.17) is 21.1 Å². The lowest BCUT2D eigenvalue weighted by Gasteiger charge is -2.19. The molecule has 3 rings (SSSR count). The van der Waals surface area contributed by atoms with E-state index in [0.29, 0.717) is 40.7 Å². The Morgan fingerprint density at radius 3 is 2.15 bits per heavy atom. The summed E-state index contributed by atoms with van der Waals surface area (Å²) < 4.78 is 41.7. The summed E-state index contributed by atoms with van der Waals surface area (Å²) in [5.41, 5.74) is 3.33. The molecule has 0 radical (unpaired) electrons. The van der Waals surface area contributed by atoms with Crippen LogP contribution in [0.4, 0.5) is 8.78 Å². The third-order valence-corrected chi connectivity index (χ3v) is 5.61.